The van der Waals surface area contributed by atoms with Crippen LogP contribution in [0.3, 0.4) is 0 Å². The second kappa shape index (κ2) is 9.10. The van der Waals surface area contributed by atoms with Gasteiger partial charge in [0.25, 0.3) is 0 Å². The molecular formula is C27H21ClN2OS2. The lowest BCUT2D eigenvalue weighted by Gasteiger charge is -2.09. The van der Waals surface area contributed by atoms with E-state index in [1.807, 2.05) is 42.5 Å². The molecule has 0 bridgehead atoms. The summed E-state index contributed by atoms with van der Waals surface area (Å²) in [5, 5.41) is 1.52. The highest BCUT2D eigenvalue weighted by molar-refractivity contribution is 7.87. The Bertz CT molecular complexity index is 1460. The quantitative estimate of drug-likeness (QED) is 0.279. The minimum Gasteiger partial charge on any atom is -0.396 e. The number of nitrogen functional groups attached to an aromatic ring is 1. The molecular weight excluding hydrogens is 468 g/mol. The topological polar surface area (TPSA) is 56.0 Å². The first-order valence-electron chi connectivity index (χ1n) is 10.5. The summed E-state index contributed by atoms with van der Waals surface area (Å²) in [5.41, 5.74) is 13.3. The number of anilines is 1. The fourth-order valence-corrected chi connectivity index (χ4v) is 6.52. The van der Waals surface area contributed by atoms with Gasteiger partial charge in [-0.3, -0.25) is 4.21 Å². The molecule has 6 heteroatoms. The second-order valence-electron chi connectivity index (χ2n) is 7.89. The number of benzene rings is 3. The van der Waals surface area contributed by atoms with Crippen LogP contribution in [-0.4, -0.2) is 9.19 Å². The maximum absolute atomic E-state index is 13.3. The molecule has 164 valence electrons. The van der Waals surface area contributed by atoms with Crippen LogP contribution < -0.4 is 5.73 Å². The van der Waals surface area contributed by atoms with Crippen LogP contribution in [0, 0.1) is 6.92 Å². The van der Waals surface area contributed by atoms with Gasteiger partial charge in [-0.2, -0.15) is 0 Å². The van der Waals surface area contributed by atoms with Crippen LogP contribution in [0.15, 0.2) is 89.1 Å². The Kier molecular flexibility index (Phi) is 6.02. The lowest BCUT2D eigenvalue weighted by molar-refractivity contribution is 0.684. The van der Waals surface area contributed by atoms with Gasteiger partial charge in [-0.25, -0.2) is 4.98 Å². The number of thiophene rings is 1. The van der Waals surface area contributed by atoms with E-state index in [-0.39, 0.29) is 0 Å². The number of nitrogens with two attached hydrogens (primary N) is 1. The first-order chi connectivity index (χ1) is 16.0. The minimum absolute atomic E-state index is 0.375. The number of fused-ring (bicyclic) bond motifs is 1. The number of aryl methyl sites for hydroxylation is 1. The van der Waals surface area contributed by atoms with Gasteiger partial charge >= 0.3 is 0 Å². The number of hydrogen-bond donors (Lipinski definition) is 1. The van der Waals surface area contributed by atoms with Crippen LogP contribution in [0.2, 0.25) is 5.02 Å². The molecule has 3 aromatic carbocycles. The van der Waals surface area contributed by atoms with Crippen LogP contribution in [0.5, 0.6) is 0 Å². The standard InChI is InChI=1S/C27H21ClN2OS2/c1-17-7-11-20(12-8-17)23-15-22(19-5-3-2-4-6-19)24-25(29)27(32-26(24)30-23)33(31)16-18-9-13-21(28)14-10-18/h2-15H,16,29H2,1H3. The molecule has 0 radical (unpaired) electrons. The summed E-state index contributed by atoms with van der Waals surface area (Å²) in [6.45, 7) is 2.07. The molecule has 0 aliphatic carbocycles. The number of aromatic nitrogens is 1. The molecule has 0 saturated heterocycles. The Labute approximate surface area is 204 Å². The Hall–Kier alpha value is -2.99. The van der Waals surface area contributed by atoms with Gasteiger partial charge in [-0.15, -0.1) is 11.3 Å². The van der Waals surface area contributed by atoms with E-state index >= 15 is 0 Å². The Morgan fingerprint density at radius 3 is 2.33 bits per heavy atom. The molecule has 0 saturated carbocycles. The van der Waals surface area contributed by atoms with E-state index in [1.165, 1.54) is 16.9 Å². The normalized spacial score (nSPS) is 12.2. The van der Waals surface area contributed by atoms with Crippen molar-refractivity contribution in [3.05, 3.63) is 101 Å². The molecule has 1 unspecified atom stereocenters. The van der Waals surface area contributed by atoms with E-state index in [2.05, 4.69) is 49.4 Å². The van der Waals surface area contributed by atoms with Gasteiger partial charge in [-0.1, -0.05) is 83.9 Å². The van der Waals surface area contributed by atoms with Crippen molar-refractivity contribution in [2.75, 3.05) is 5.73 Å². The van der Waals surface area contributed by atoms with E-state index in [4.69, 9.17) is 22.3 Å². The highest BCUT2D eigenvalue weighted by Gasteiger charge is 2.21. The fraction of sp³-hybridized carbons (Fsp3) is 0.0741. The molecule has 2 heterocycles. The number of halogens is 1. The molecule has 2 aromatic heterocycles. The van der Waals surface area contributed by atoms with Gasteiger partial charge in [0.15, 0.2) is 0 Å². The number of rotatable bonds is 5. The molecule has 0 aliphatic rings. The maximum atomic E-state index is 13.3. The van der Waals surface area contributed by atoms with Crippen LogP contribution in [0.1, 0.15) is 11.1 Å². The average molecular weight is 489 g/mol. The van der Waals surface area contributed by atoms with Crippen molar-refractivity contribution in [2.24, 2.45) is 0 Å². The smallest absolute Gasteiger partial charge is 0.127 e. The largest absolute Gasteiger partial charge is 0.396 e. The molecule has 3 nitrogen and oxygen atoms in total. The number of nitrogens with zero attached hydrogens (tertiary/aromatic N) is 1. The Balaban J connectivity index is 1.65. The monoisotopic (exact) mass is 488 g/mol. The minimum atomic E-state index is -1.29. The predicted molar refractivity (Wildman–Crippen MR) is 141 cm³/mol. The summed E-state index contributed by atoms with van der Waals surface area (Å²) in [7, 11) is -1.29. The molecule has 33 heavy (non-hydrogen) atoms. The van der Waals surface area contributed by atoms with Crippen LogP contribution in [-0.2, 0) is 16.6 Å². The lowest BCUT2D eigenvalue weighted by Crippen LogP contribution is -1.98. The van der Waals surface area contributed by atoms with E-state index in [0.717, 1.165) is 38.2 Å². The van der Waals surface area contributed by atoms with Crippen molar-refractivity contribution in [2.45, 2.75) is 16.9 Å². The Morgan fingerprint density at radius 1 is 0.939 bits per heavy atom. The van der Waals surface area contributed by atoms with E-state index in [0.29, 0.717) is 20.7 Å². The summed E-state index contributed by atoms with van der Waals surface area (Å²) in [5.74, 6) is 0.375. The predicted octanol–water partition coefficient (Wildman–Crippen LogP) is 7.48. The summed E-state index contributed by atoms with van der Waals surface area (Å²) < 4.78 is 14.0. The number of pyridine rings is 1. The first-order valence-corrected chi connectivity index (χ1v) is 13.0. The molecule has 2 N–H and O–H groups in total. The van der Waals surface area contributed by atoms with Crippen molar-refractivity contribution in [3.63, 3.8) is 0 Å². The van der Waals surface area contributed by atoms with Crippen molar-refractivity contribution >= 4 is 49.6 Å². The van der Waals surface area contributed by atoms with Crippen molar-refractivity contribution in [1.29, 1.82) is 0 Å². The zero-order valence-electron chi connectivity index (χ0n) is 17.9. The van der Waals surface area contributed by atoms with Gasteiger partial charge in [0.2, 0.25) is 0 Å². The van der Waals surface area contributed by atoms with Gasteiger partial charge in [0.05, 0.1) is 27.9 Å². The van der Waals surface area contributed by atoms with Gasteiger partial charge in [0.1, 0.15) is 9.04 Å². The summed E-state index contributed by atoms with van der Waals surface area (Å²) >= 11 is 7.40. The zero-order valence-corrected chi connectivity index (χ0v) is 20.3. The van der Waals surface area contributed by atoms with Crippen LogP contribution >= 0.6 is 22.9 Å². The van der Waals surface area contributed by atoms with Crippen molar-refractivity contribution in [1.82, 2.24) is 4.98 Å². The molecule has 5 rings (SSSR count). The van der Waals surface area contributed by atoms with E-state index in [9.17, 15) is 4.21 Å². The van der Waals surface area contributed by atoms with Crippen LogP contribution in [0.25, 0.3) is 32.6 Å². The molecule has 1 atom stereocenters. The van der Waals surface area contributed by atoms with Crippen molar-refractivity contribution in [3.8, 4) is 22.4 Å². The van der Waals surface area contributed by atoms with Crippen LogP contribution in [0.4, 0.5) is 5.69 Å². The third kappa shape index (κ3) is 4.44. The van der Waals surface area contributed by atoms with Gasteiger partial charge in [0, 0.05) is 16.0 Å². The highest BCUT2D eigenvalue weighted by atomic mass is 35.5. The molecule has 0 amide bonds. The average Bonchev–Trinajstić information content (AvgIpc) is 3.17. The molecule has 0 aliphatic heterocycles. The molecule has 5 aromatic rings. The van der Waals surface area contributed by atoms with Crippen molar-refractivity contribution < 1.29 is 4.21 Å². The maximum Gasteiger partial charge on any atom is 0.127 e. The fourth-order valence-electron chi connectivity index (χ4n) is 3.78. The zero-order chi connectivity index (χ0) is 22.9. The van der Waals surface area contributed by atoms with E-state index in [1.54, 1.807) is 0 Å². The number of hydrogen-bond acceptors (Lipinski definition) is 4. The second-order valence-corrected chi connectivity index (χ2v) is 11.0. The summed E-state index contributed by atoms with van der Waals surface area (Å²) in [6, 6.07) is 28.0. The third-order valence-electron chi connectivity index (χ3n) is 5.51. The Morgan fingerprint density at radius 2 is 1.64 bits per heavy atom. The SMILES string of the molecule is Cc1ccc(-c2cc(-c3ccccc3)c3c(N)c(S(=O)Cc4ccc(Cl)cc4)sc3n2)cc1. The summed E-state index contributed by atoms with van der Waals surface area (Å²) in [4.78, 5) is 5.73. The molecule has 0 spiro atoms. The first kappa shape index (κ1) is 21.8. The van der Waals surface area contributed by atoms with Gasteiger partial charge < -0.3 is 5.73 Å². The summed E-state index contributed by atoms with van der Waals surface area (Å²) in [6.07, 6.45) is 0. The van der Waals surface area contributed by atoms with E-state index < -0.39 is 10.8 Å². The highest BCUT2D eigenvalue weighted by Crippen LogP contribution is 2.43. The third-order valence-corrected chi connectivity index (χ3v) is 8.70. The molecule has 0 fully saturated rings. The lowest BCUT2D eigenvalue weighted by atomic mass is 10.00. The van der Waals surface area contributed by atoms with Gasteiger partial charge in [-0.05, 0) is 41.8 Å².